The van der Waals surface area contributed by atoms with Gasteiger partial charge in [-0.15, -0.1) is 0 Å². The summed E-state index contributed by atoms with van der Waals surface area (Å²) in [6.07, 6.45) is -0.720. The Balaban J connectivity index is 2.16. The molecular formula is C21H18O7. The molecule has 0 N–H and O–H groups in total. The molecule has 0 unspecified atom stereocenters. The van der Waals surface area contributed by atoms with Crippen LogP contribution in [0, 0.1) is 0 Å². The quantitative estimate of drug-likeness (QED) is 0.299. The first-order chi connectivity index (χ1) is 13.3. The lowest BCUT2D eigenvalue weighted by Crippen LogP contribution is -2.14. The molecule has 0 saturated carbocycles. The van der Waals surface area contributed by atoms with Crippen molar-refractivity contribution < 1.29 is 33.4 Å². The van der Waals surface area contributed by atoms with Crippen LogP contribution in [0.3, 0.4) is 0 Å². The van der Waals surface area contributed by atoms with Gasteiger partial charge in [-0.3, -0.25) is 24.0 Å². The van der Waals surface area contributed by atoms with E-state index >= 15 is 0 Å². The Morgan fingerprint density at radius 3 is 1.82 bits per heavy atom. The van der Waals surface area contributed by atoms with E-state index in [4.69, 9.17) is 9.47 Å². The van der Waals surface area contributed by atoms with E-state index in [2.05, 4.69) is 0 Å². The average molecular weight is 382 g/mol. The number of Topliss-reactive ketones (excluding diaryl/α,β-unsaturated/α-hetero) is 2. The molecule has 7 heteroatoms. The molecule has 0 aliphatic carbocycles. The van der Waals surface area contributed by atoms with Gasteiger partial charge in [-0.05, 0) is 50.2 Å². The highest BCUT2D eigenvalue weighted by Gasteiger charge is 2.18. The van der Waals surface area contributed by atoms with E-state index in [0.717, 1.165) is 0 Å². The Morgan fingerprint density at radius 2 is 1.25 bits per heavy atom. The third kappa shape index (κ3) is 5.98. The summed E-state index contributed by atoms with van der Waals surface area (Å²) in [7, 11) is 0. The maximum atomic E-state index is 12.7. The Kier molecular flexibility index (Phi) is 6.92. The summed E-state index contributed by atoms with van der Waals surface area (Å²) in [5.41, 5.74) is 0.433. The molecule has 2 aromatic carbocycles. The molecule has 0 spiro atoms. The van der Waals surface area contributed by atoms with E-state index in [1.165, 1.54) is 50.2 Å². The predicted molar refractivity (Wildman–Crippen MR) is 98.2 cm³/mol. The molecule has 144 valence electrons. The second-order valence-corrected chi connectivity index (χ2v) is 6.06. The van der Waals surface area contributed by atoms with Crippen molar-refractivity contribution in [3.05, 3.63) is 59.7 Å². The van der Waals surface area contributed by atoms with Gasteiger partial charge in [-0.1, -0.05) is 12.1 Å². The van der Waals surface area contributed by atoms with Crippen LogP contribution >= 0.6 is 0 Å². The topological polar surface area (TPSA) is 104 Å². The zero-order chi connectivity index (χ0) is 20.7. The van der Waals surface area contributed by atoms with E-state index in [-0.39, 0.29) is 47.0 Å². The predicted octanol–water partition coefficient (Wildman–Crippen LogP) is 2.69. The fourth-order valence-electron chi connectivity index (χ4n) is 2.31. The number of ketones is 3. The van der Waals surface area contributed by atoms with Gasteiger partial charge >= 0.3 is 11.9 Å². The number of carbonyl (C=O) groups is 5. The van der Waals surface area contributed by atoms with Crippen LogP contribution < -0.4 is 9.47 Å². The van der Waals surface area contributed by atoms with E-state index in [9.17, 15) is 24.0 Å². The summed E-state index contributed by atoms with van der Waals surface area (Å²) in [4.78, 5) is 57.9. The SMILES string of the molecule is CC(=O)CC(=O)Oc1ccc(C(=O)c2ccccc2OC(=O)CC(C)=O)cc1. The number of ether oxygens (including phenoxy) is 2. The van der Waals surface area contributed by atoms with Gasteiger partial charge in [0.15, 0.2) is 5.78 Å². The number of esters is 2. The van der Waals surface area contributed by atoms with Crippen LogP contribution in [0.1, 0.15) is 42.6 Å². The summed E-state index contributed by atoms with van der Waals surface area (Å²) in [6.45, 7) is 2.55. The third-order valence-corrected chi connectivity index (χ3v) is 3.49. The third-order valence-electron chi connectivity index (χ3n) is 3.49. The van der Waals surface area contributed by atoms with Crippen molar-refractivity contribution >= 4 is 29.3 Å². The molecule has 0 atom stereocenters. The van der Waals surface area contributed by atoms with Crippen LogP contribution in [0.2, 0.25) is 0 Å². The lowest BCUT2D eigenvalue weighted by Gasteiger charge is -2.09. The average Bonchev–Trinajstić information content (AvgIpc) is 2.60. The van der Waals surface area contributed by atoms with Crippen molar-refractivity contribution in [2.45, 2.75) is 26.7 Å². The van der Waals surface area contributed by atoms with Crippen LogP contribution in [-0.2, 0) is 19.2 Å². The molecule has 0 aromatic heterocycles. The molecule has 2 aromatic rings. The lowest BCUT2D eigenvalue weighted by molar-refractivity contribution is -0.139. The van der Waals surface area contributed by atoms with Gasteiger partial charge in [0.1, 0.15) is 35.9 Å². The normalized spacial score (nSPS) is 10.1. The summed E-state index contributed by atoms with van der Waals surface area (Å²) in [5.74, 6) is -2.25. The maximum Gasteiger partial charge on any atom is 0.318 e. The van der Waals surface area contributed by atoms with Gasteiger partial charge in [-0.25, -0.2) is 0 Å². The number of hydrogen-bond acceptors (Lipinski definition) is 7. The highest BCUT2D eigenvalue weighted by atomic mass is 16.5. The lowest BCUT2D eigenvalue weighted by atomic mass is 10.0. The number of carbonyl (C=O) groups excluding carboxylic acids is 5. The molecule has 28 heavy (non-hydrogen) atoms. The van der Waals surface area contributed by atoms with Crippen molar-refractivity contribution in [1.29, 1.82) is 0 Å². The molecule has 0 aliphatic rings. The molecule has 0 saturated heterocycles. The van der Waals surface area contributed by atoms with E-state index in [1.807, 2.05) is 0 Å². The number of rotatable bonds is 8. The highest BCUT2D eigenvalue weighted by Crippen LogP contribution is 2.23. The maximum absolute atomic E-state index is 12.7. The van der Waals surface area contributed by atoms with Gasteiger partial charge in [0.25, 0.3) is 0 Å². The molecule has 0 aliphatic heterocycles. The van der Waals surface area contributed by atoms with Crippen molar-refractivity contribution in [1.82, 2.24) is 0 Å². The highest BCUT2D eigenvalue weighted by molar-refractivity contribution is 6.11. The van der Waals surface area contributed by atoms with E-state index in [0.29, 0.717) is 0 Å². The fourth-order valence-corrected chi connectivity index (χ4v) is 2.31. The smallest absolute Gasteiger partial charge is 0.318 e. The number of para-hydroxylation sites is 1. The van der Waals surface area contributed by atoms with Crippen molar-refractivity contribution in [2.24, 2.45) is 0 Å². The van der Waals surface area contributed by atoms with Gasteiger partial charge in [0.05, 0.1) is 5.56 Å². The molecule has 0 fully saturated rings. The minimum Gasteiger partial charge on any atom is -0.426 e. The van der Waals surface area contributed by atoms with Crippen molar-refractivity contribution in [2.75, 3.05) is 0 Å². The molecule has 7 nitrogen and oxygen atoms in total. The van der Waals surface area contributed by atoms with Gasteiger partial charge < -0.3 is 9.47 Å². The van der Waals surface area contributed by atoms with Gasteiger partial charge in [0, 0.05) is 5.56 Å². The Bertz CT molecular complexity index is 926. The number of benzene rings is 2. The van der Waals surface area contributed by atoms with Crippen LogP contribution in [0.4, 0.5) is 0 Å². The summed E-state index contributed by atoms with van der Waals surface area (Å²) in [5, 5.41) is 0. The van der Waals surface area contributed by atoms with Crippen LogP contribution in [0.15, 0.2) is 48.5 Å². The Labute approximate surface area is 161 Å². The minimum absolute atomic E-state index is 0.0516. The zero-order valence-electron chi connectivity index (χ0n) is 15.4. The van der Waals surface area contributed by atoms with Gasteiger partial charge in [-0.2, -0.15) is 0 Å². The monoisotopic (exact) mass is 382 g/mol. The van der Waals surface area contributed by atoms with Crippen LogP contribution in [0.25, 0.3) is 0 Å². The Morgan fingerprint density at radius 1 is 0.714 bits per heavy atom. The van der Waals surface area contributed by atoms with Crippen LogP contribution in [0.5, 0.6) is 11.5 Å². The summed E-state index contributed by atoms with van der Waals surface area (Å²) < 4.78 is 10.1. The second-order valence-electron chi connectivity index (χ2n) is 6.06. The van der Waals surface area contributed by atoms with E-state index in [1.54, 1.807) is 12.1 Å². The molecule has 0 heterocycles. The zero-order valence-corrected chi connectivity index (χ0v) is 15.4. The fraction of sp³-hybridized carbons (Fsp3) is 0.190. The number of hydrogen-bond donors (Lipinski definition) is 0. The first-order valence-corrected chi connectivity index (χ1v) is 8.40. The standard InChI is InChI=1S/C21H18O7/c1-13(22)11-19(24)27-16-9-7-15(8-10-16)21(26)17-5-3-4-6-18(17)28-20(25)12-14(2)23/h3-10H,11-12H2,1-2H3. The van der Waals surface area contributed by atoms with E-state index < -0.39 is 17.7 Å². The second kappa shape index (κ2) is 9.36. The summed E-state index contributed by atoms with van der Waals surface area (Å²) in [6, 6.07) is 11.9. The Hall–Kier alpha value is -3.61. The van der Waals surface area contributed by atoms with Crippen molar-refractivity contribution in [3.8, 4) is 11.5 Å². The molecule has 0 amide bonds. The summed E-state index contributed by atoms with van der Waals surface area (Å²) >= 11 is 0. The van der Waals surface area contributed by atoms with Crippen LogP contribution in [-0.4, -0.2) is 29.3 Å². The first kappa shape index (κ1) is 20.7. The molecule has 2 rings (SSSR count). The molecular weight excluding hydrogens is 364 g/mol. The molecule has 0 radical (unpaired) electrons. The largest absolute Gasteiger partial charge is 0.426 e. The molecule has 0 bridgehead atoms. The first-order valence-electron chi connectivity index (χ1n) is 8.40. The minimum atomic E-state index is -0.750. The van der Waals surface area contributed by atoms with Crippen molar-refractivity contribution in [3.63, 3.8) is 0 Å². The van der Waals surface area contributed by atoms with Gasteiger partial charge in [0.2, 0.25) is 0 Å².